The molecule has 19 heavy (non-hydrogen) atoms. The van der Waals surface area contributed by atoms with E-state index in [1.807, 2.05) is 0 Å². The third-order valence-electron chi connectivity index (χ3n) is 4.07. The van der Waals surface area contributed by atoms with E-state index in [2.05, 4.69) is 35.6 Å². The van der Waals surface area contributed by atoms with Crippen LogP contribution in [0.2, 0.25) is 0 Å². The van der Waals surface area contributed by atoms with Crippen LogP contribution in [0, 0.1) is 0 Å². The Morgan fingerprint density at radius 2 is 1.79 bits per heavy atom. The minimum absolute atomic E-state index is 0.344. The average Bonchev–Trinajstić information content (AvgIpc) is 2.65. The Morgan fingerprint density at radius 1 is 1.00 bits per heavy atom. The van der Waals surface area contributed by atoms with Crippen LogP contribution in [0.25, 0.3) is 0 Å². The van der Waals surface area contributed by atoms with Gasteiger partial charge < -0.3 is 5.32 Å². The van der Waals surface area contributed by atoms with Gasteiger partial charge in [0, 0.05) is 11.4 Å². The van der Waals surface area contributed by atoms with Crippen molar-refractivity contribution < 1.29 is 0 Å². The number of rotatable bonds is 6. The molecular weight excluding hydrogens is 254 g/mol. The van der Waals surface area contributed by atoms with Crippen LogP contribution in [0.1, 0.15) is 50.5 Å². The maximum Gasteiger partial charge on any atom is 0.0489 e. The number of unbranched alkanes of at least 4 members (excludes halogenated alkanes) is 1. The first-order valence-corrected chi connectivity index (χ1v) is 8.21. The molecule has 2 rings (SSSR count). The molecule has 1 N–H and O–H groups in total. The highest BCUT2D eigenvalue weighted by molar-refractivity contribution is 6.21. The van der Waals surface area contributed by atoms with E-state index in [1.165, 1.54) is 56.9 Å². The summed E-state index contributed by atoms with van der Waals surface area (Å²) in [4.78, 5) is 0. The largest absolute Gasteiger partial charge is 0.313 e. The van der Waals surface area contributed by atoms with Gasteiger partial charge >= 0.3 is 0 Å². The third kappa shape index (κ3) is 5.54. The quantitative estimate of drug-likeness (QED) is 0.458. The summed E-state index contributed by atoms with van der Waals surface area (Å²) in [6.07, 6.45) is 10.1. The standard InChI is InChI=1S/C17H26ClN/c18-16-12-5-2-6-13-17(16)19-14-8-7-11-15-9-3-1-4-10-15/h1,3-4,9-10,16-17,19H,2,5-8,11-14H2. The van der Waals surface area contributed by atoms with Gasteiger partial charge in [-0.2, -0.15) is 0 Å². The highest BCUT2D eigenvalue weighted by atomic mass is 35.5. The molecule has 1 fully saturated rings. The predicted molar refractivity (Wildman–Crippen MR) is 83.9 cm³/mol. The van der Waals surface area contributed by atoms with Gasteiger partial charge in [0.25, 0.3) is 0 Å². The Kier molecular flexibility index (Phi) is 6.73. The zero-order valence-corrected chi connectivity index (χ0v) is 12.5. The number of hydrogen-bond acceptors (Lipinski definition) is 1. The monoisotopic (exact) mass is 279 g/mol. The van der Waals surface area contributed by atoms with Gasteiger partial charge in [-0.15, -0.1) is 11.6 Å². The number of aryl methyl sites for hydroxylation is 1. The van der Waals surface area contributed by atoms with E-state index < -0.39 is 0 Å². The molecule has 2 heteroatoms. The van der Waals surface area contributed by atoms with Gasteiger partial charge in [-0.1, -0.05) is 49.6 Å². The normalized spacial score (nSPS) is 24.1. The number of nitrogens with one attached hydrogen (secondary N) is 1. The molecular formula is C17H26ClN. The molecule has 2 atom stereocenters. The predicted octanol–water partition coefficient (Wildman–Crippen LogP) is 4.54. The van der Waals surface area contributed by atoms with Crippen molar-refractivity contribution in [2.75, 3.05) is 6.54 Å². The van der Waals surface area contributed by atoms with Crippen LogP contribution in [-0.4, -0.2) is 18.0 Å². The molecule has 1 aromatic carbocycles. The van der Waals surface area contributed by atoms with Crippen molar-refractivity contribution in [3.8, 4) is 0 Å². The SMILES string of the molecule is ClC1CCCCCC1NCCCCc1ccccc1. The van der Waals surface area contributed by atoms with E-state index in [1.54, 1.807) is 0 Å². The fourth-order valence-corrected chi connectivity index (χ4v) is 3.25. The zero-order chi connectivity index (χ0) is 13.3. The number of alkyl halides is 1. The third-order valence-corrected chi connectivity index (χ3v) is 4.60. The summed E-state index contributed by atoms with van der Waals surface area (Å²) < 4.78 is 0. The molecule has 1 saturated carbocycles. The molecule has 0 amide bonds. The summed E-state index contributed by atoms with van der Waals surface area (Å²) in [7, 11) is 0. The van der Waals surface area contributed by atoms with E-state index in [0.29, 0.717) is 11.4 Å². The topological polar surface area (TPSA) is 12.0 Å². The molecule has 1 aliphatic carbocycles. The van der Waals surface area contributed by atoms with Gasteiger partial charge in [-0.05, 0) is 44.2 Å². The summed E-state index contributed by atoms with van der Waals surface area (Å²) in [5.74, 6) is 0. The van der Waals surface area contributed by atoms with E-state index >= 15 is 0 Å². The Bertz CT molecular complexity index is 338. The van der Waals surface area contributed by atoms with Crippen LogP contribution in [-0.2, 0) is 6.42 Å². The molecule has 0 spiro atoms. The van der Waals surface area contributed by atoms with Crippen molar-refractivity contribution >= 4 is 11.6 Å². The summed E-state index contributed by atoms with van der Waals surface area (Å²) in [5, 5.41) is 4.01. The molecule has 0 heterocycles. The summed E-state index contributed by atoms with van der Waals surface area (Å²) in [6.45, 7) is 1.11. The molecule has 0 bridgehead atoms. The first kappa shape index (κ1) is 14.9. The van der Waals surface area contributed by atoms with Crippen molar-refractivity contribution in [3.63, 3.8) is 0 Å². The molecule has 0 aliphatic heterocycles. The highest BCUT2D eigenvalue weighted by Gasteiger charge is 2.20. The molecule has 1 nitrogen and oxygen atoms in total. The lowest BCUT2D eigenvalue weighted by Gasteiger charge is -2.21. The molecule has 2 unspecified atom stereocenters. The van der Waals surface area contributed by atoms with Gasteiger partial charge in [-0.3, -0.25) is 0 Å². The Hall–Kier alpha value is -0.530. The van der Waals surface area contributed by atoms with Crippen molar-refractivity contribution in [3.05, 3.63) is 35.9 Å². The number of halogens is 1. The summed E-state index contributed by atoms with van der Waals surface area (Å²) in [6, 6.07) is 11.3. The Morgan fingerprint density at radius 3 is 2.63 bits per heavy atom. The smallest absolute Gasteiger partial charge is 0.0489 e. The summed E-state index contributed by atoms with van der Waals surface area (Å²) in [5.41, 5.74) is 1.45. The Balaban J connectivity index is 1.58. The van der Waals surface area contributed by atoms with Gasteiger partial charge in [-0.25, -0.2) is 0 Å². The zero-order valence-electron chi connectivity index (χ0n) is 11.8. The van der Waals surface area contributed by atoms with Gasteiger partial charge in [0.05, 0.1) is 0 Å². The van der Waals surface area contributed by atoms with Crippen molar-refractivity contribution in [1.82, 2.24) is 5.32 Å². The minimum atomic E-state index is 0.344. The van der Waals surface area contributed by atoms with Crippen molar-refractivity contribution in [1.29, 1.82) is 0 Å². The van der Waals surface area contributed by atoms with E-state index in [9.17, 15) is 0 Å². The lowest BCUT2D eigenvalue weighted by molar-refractivity contribution is 0.457. The molecule has 0 saturated heterocycles. The minimum Gasteiger partial charge on any atom is -0.313 e. The second kappa shape index (κ2) is 8.60. The van der Waals surface area contributed by atoms with Gasteiger partial charge in [0.2, 0.25) is 0 Å². The van der Waals surface area contributed by atoms with Gasteiger partial charge in [0.1, 0.15) is 0 Å². The summed E-state index contributed by atoms with van der Waals surface area (Å²) >= 11 is 6.43. The number of benzene rings is 1. The Labute approximate surface area is 122 Å². The first-order chi connectivity index (χ1) is 9.36. The lowest BCUT2D eigenvalue weighted by Crippen LogP contribution is -2.36. The second-order valence-electron chi connectivity index (χ2n) is 5.66. The fraction of sp³-hybridized carbons (Fsp3) is 0.647. The molecule has 106 valence electrons. The van der Waals surface area contributed by atoms with Crippen molar-refractivity contribution in [2.24, 2.45) is 0 Å². The van der Waals surface area contributed by atoms with Crippen molar-refractivity contribution in [2.45, 2.75) is 62.8 Å². The van der Waals surface area contributed by atoms with Crippen LogP contribution in [0.4, 0.5) is 0 Å². The first-order valence-electron chi connectivity index (χ1n) is 7.77. The van der Waals surface area contributed by atoms with Crippen LogP contribution in [0.15, 0.2) is 30.3 Å². The van der Waals surface area contributed by atoms with Crippen LogP contribution < -0.4 is 5.32 Å². The lowest BCUT2D eigenvalue weighted by atomic mass is 10.1. The molecule has 0 aromatic heterocycles. The molecule has 0 radical (unpaired) electrons. The maximum atomic E-state index is 6.43. The molecule has 1 aromatic rings. The van der Waals surface area contributed by atoms with E-state index in [0.717, 1.165) is 6.54 Å². The second-order valence-corrected chi connectivity index (χ2v) is 6.22. The van der Waals surface area contributed by atoms with Crippen LogP contribution >= 0.6 is 11.6 Å². The van der Waals surface area contributed by atoms with Gasteiger partial charge in [0.15, 0.2) is 0 Å². The number of hydrogen-bond donors (Lipinski definition) is 1. The highest BCUT2D eigenvalue weighted by Crippen LogP contribution is 2.22. The van der Waals surface area contributed by atoms with Crippen LogP contribution in [0.5, 0.6) is 0 Å². The fourth-order valence-electron chi connectivity index (χ4n) is 2.88. The average molecular weight is 280 g/mol. The van der Waals surface area contributed by atoms with Crippen LogP contribution in [0.3, 0.4) is 0 Å². The van der Waals surface area contributed by atoms with E-state index in [4.69, 9.17) is 11.6 Å². The maximum absolute atomic E-state index is 6.43. The van der Waals surface area contributed by atoms with E-state index in [-0.39, 0.29) is 0 Å². The molecule has 1 aliphatic rings.